The van der Waals surface area contributed by atoms with E-state index in [1.54, 1.807) is 19.4 Å². The Hall–Kier alpha value is -3.17. The average molecular weight is 418 g/mol. The minimum Gasteiger partial charge on any atom is -0.495 e. The molecule has 152 valence electrons. The number of nitrogens with one attached hydrogen (secondary N) is 1. The first-order chi connectivity index (χ1) is 14.6. The number of carbonyl (C=O) groups excluding carboxylic acids is 1. The van der Waals surface area contributed by atoms with Gasteiger partial charge in [-0.15, -0.1) is 0 Å². The number of methoxy groups -OCH3 is 1. The summed E-state index contributed by atoms with van der Waals surface area (Å²) in [7, 11) is 1.92. The van der Waals surface area contributed by atoms with Crippen LogP contribution in [0.4, 0.5) is 5.69 Å². The van der Waals surface area contributed by atoms with Gasteiger partial charge in [-0.2, -0.15) is 0 Å². The number of hydrogen-bond acceptors (Lipinski definition) is 4. The molecule has 0 saturated heterocycles. The second-order valence-electron chi connectivity index (χ2n) is 7.00. The number of fused-ring (bicyclic) bond motifs is 1. The van der Waals surface area contributed by atoms with Crippen molar-refractivity contribution in [2.75, 3.05) is 12.4 Å². The van der Waals surface area contributed by atoms with Crippen LogP contribution < -0.4 is 20.9 Å². The predicted octanol–water partition coefficient (Wildman–Crippen LogP) is 4.59. The van der Waals surface area contributed by atoms with Gasteiger partial charge in [-0.3, -0.25) is 9.78 Å². The van der Waals surface area contributed by atoms with E-state index >= 15 is 0 Å². The highest BCUT2D eigenvalue weighted by molar-refractivity contribution is 7.55. The van der Waals surface area contributed by atoms with Gasteiger partial charge < -0.3 is 14.5 Å². The van der Waals surface area contributed by atoms with Crippen LogP contribution in [-0.4, -0.2) is 18.0 Å². The molecule has 2 aromatic carbocycles. The molecule has 4 rings (SSSR count). The highest BCUT2D eigenvalue weighted by atomic mass is 31.1. The first kappa shape index (κ1) is 20.1. The fourth-order valence-electron chi connectivity index (χ4n) is 3.35. The number of rotatable bonds is 6. The molecule has 0 aliphatic carbocycles. The third kappa shape index (κ3) is 4.22. The second-order valence-corrected chi connectivity index (χ2v) is 8.32. The molecule has 1 unspecified atom stereocenters. The molecule has 1 N–H and O–H groups in total. The van der Waals surface area contributed by atoms with Gasteiger partial charge in [0.1, 0.15) is 11.3 Å². The summed E-state index contributed by atoms with van der Waals surface area (Å²) in [6, 6.07) is 17.7. The number of anilines is 1. The van der Waals surface area contributed by atoms with Crippen molar-refractivity contribution in [3.8, 4) is 5.75 Å². The summed E-state index contributed by atoms with van der Waals surface area (Å²) >= 11 is 0. The molecule has 0 aliphatic heterocycles. The van der Waals surface area contributed by atoms with E-state index in [2.05, 4.69) is 29.4 Å². The molecule has 5 nitrogen and oxygen atoms in total. The van der Waals surface area contributed by atoms with Gasteiger partial charge in [0.15, 0.2) is 5.76 Å². The van der Waals surface area contributed by atoms with Crippen molar-refractivity contribution in [3.05, 3.63) is 77.7 Å². The van der Waals surface area contributed by atoms with Crippen molar-refractivity contribution in [3.63, 3.8) is 0 Å². The molecule has 0 aliphatic rings. The van der Waals surface area contributed by atoms with Crippen LogP contribution in [0.25, 0.3) is 10.9 Å². The molecule has 0 saturated carbocycles. The number of benzene rings is 2. The van der Waals surface area contributed by atoms with Crippen molar-refractivity contribution in [2.45, 2.75) is 20.3 Å². The molecule has 0 bridgehead atoms. The van der Waals surface area contributed by atoms with E-state index in [1.165, 1.54) is 0 Å². The molecule has 6 heteroatoms. The maximum Gasteiger partial charge on any atom is 0.291 e. The Bertz CT molecular complexity index is 1220. The van der Waals surface area contributed by atoms with Gasteiger partial charge in [0, 0.05) is 11.6 Å². The molecule has 2 heterocycles. The fraction of sp³-hybridized carbons (Fsp3) is 0.167. The highest BCUT2D eigenvalue weighted by Gasteiger charge is 2.16. The zero-order valence-corrected chi connectivity index (χ0v) is 18.2. The Morgan fingerprint density at radius 3 is 2.83 bits per heavy atom. The quantitative estimate of drug-likeness (QED) is 0.465. The lowest BCUT2D eigenvalue weighted by Gasteiger charge is -2.14. The van der Waals surface area contributed by atoms with E-state index < -0.39 is 0 Å². The topological polar surface area (TPSA) is 64.4 Å². The zero-order chi connectivity index (χ0) is 21.1. The Morgan fingerprint density at radius 1 is 1.17 bits per heavy atom. The number of furan rings is 1. The number of ether oxygens (including phenoxy) is 1. The van der Waals surface area contributed by atoms with Crippen LogP contribution in [-0.2, 0) is 6.42 Å². The van der Waals surface area contributed by atoms with Crippen molar-refractivity contribution in [1.82, 2.24) is 4.98 Å². The number of aryl methyl sites for hydroxylation is 2. The van der Waals surface area contributed by atoms with Gasteiger partial charge in [0.2, 0.25) is 0 Å². The number of nitrogens with zero attached hydrogens (tertiary/aromatic N) is 1. The average Bonchev–Trinajstić information content (AvgIpc) is 3.23. The Kier molecular flexibility index (Phi) is 5.82. The summed E-state index contributed by atoms with van der Waals surface area (Å²) in [5.41, 5.74) is 4.51. The Balaban J connectivity index is 1.51. The van der Waals surface area contributed by atoms with Crippen molar-refractivity contribution >= 4 is 41.9 Å². The highest BCUT2D eigenvalue weighted by Crippen LogP contribution is 2.30. The van der Waals surface area contributed by atoms with Gasteiger partial charge in [0.05, 0.1) is 18.3 Å². The van der Waals surface area contributed by atoms with Crippen molar-refractivity contribution in [2.24, 2.45) is 0 Å². The first-order valence-corrected chi connectivity index (χ1v) is 10.8. The molecule has 2 aromatic heterocycles. The third-order valence-electron chi connectivity index (χ3n) is 4.93. The van der Waals surface area contributed by atoms with Crippen LogP contribution >= 0.6 is 8.58 Å². The number of hydrogen-bond donors (Lipinski definition) is 1. The van der Waals surface area contributed by atoms with Crippen LogP contribution in [0.15, 0.2) is 65.2 Å². The van der Waals surface area contributed by atoms with Gasteiger partial charge in [0.25, 0.3) is 5.91 Å². The normalized spacial score (nSPS) is 11.3. The fourth-order valence-corrected chi connectivity index (χ4v) is 4.36. The summed E-state index contributed by atoms with van der Waals surface area (Å²) in [6.45, 7) is 4.05. The maximum atomic E-state index is 12.8. The van der Waals surface area contributed by atoms with Crippen LogP contribution in [0, 0.1) is 6.92 Å². The van der Waals surface area contributed by atoms with E-state index in [-0.39, 0.29) is 11.7 Å². The van der Waals surface area contributed by atoms with Crippen LogP contribution in [0.1, 0.15) is 28.6 Å². The van der Waals surface area contributed by atoms with Crippen LogP contribution in [0.2, 0.25) is 0 Å². The van der Waals surface area contributed by atoms with Gasteiger partial charge in [-0.05, 0) is 74.8 Å². The summed E-state index contributed by atoms with van der Waals surface area (Å²) in [5.74, 6) is 0.638. The number of pyridine rings is 1. The van der Waals surface area contributed by atoms with E-state index in [0.29, 0.717) is 20.0 Å². The van der Waals surface area contributed by atoms with E-state index in [4.69, 9.17) is 9.15 Å². The zero-order valence-electron chi connectivity index (χ0n) is 17.2. The number of amides is 1. The molecule has 30 heavy (non-hydrogen) atoms. The lowest BCUT2D eigenvalue weighted by Crippen LogP contribution is -2.13. The van der Waals surface area contributed by atoms with Crippen molar-refractivity contribution < 1.29 is 13.9 Å². The largest absolute Gasteiger partial charge is 0.495 e. The molecular weight excluding hydrogens is 395 g/mol. The lowest BCUT2D eigenvalue weighted by molar-refractivity contribution is 0.0997. The smallest absolute Gasteiger partial charge is 0.291 e. The Morgan fingerprint density at radius 2 is 2.03 bits per heavy atom. The Labute approximate surface area is 177 Å². The monoisotopic (exact) mass is 418 g/mol. The molecule has 0 spiro atoms. The summed E-state index contributed by atoms with van der Waals surface area (Å²) in [4.78, 5) is 17.1. The van der Waals surface area contributed by atoms with Gasteiger partial charge in [-0.1, -0.05) is 25.1 Å². The molecule has 0 fully saturated rings. The molecule has 4 aromatic rings. The molecular formula is C24H23N2O3P. The van der Waals surface area contributed by atoms with E-state index in [0.717, 1.165) is 39.3 Å². The molecule has 1 amide bonds. The van der Waals surface area contributed by atoms with Gasteiger partial charge >= 0.3 is 0 Å². The predicted molar refractivity (Wildman–Crippen MR) is 123 cm³/mol. The lowest BCUT2D eigenvalue weighted by atomic mass is 10.1. The summed E-state index contributed by atoms with van der Waals surface area (Å²) < 4.78 is 11.3. The number of carbonyl (C=O) groups is 1. The van der Waals surface area contributed by atoms with Crippen LogP contribution in [0.5, 0.6) is 5.75 Å². The SMILES string of the molecule is CCc1cc(C)c(NC(=O)c2ccc(Pc3ccc4ncccc4c3)o2)c(OC)c1. The third-order valence-corrected chi connectivity index (χ3v) is 6.04. The summed E-state index contributed by atoms with van der Waals surface area (Å²) in [6.07, 6.45) is 2.69. The number of aromatic nitrogens is 1. The first-order valence-electron chi connectivity index (χ1n) is 9.78. The minimum atomic E-state index is -0.292. The molecule has 1 atom stereocenters. The molecule has 0 radical (unpaired) electrons. The standard InChI is InChI=1S/C24H23N2O3P/c1-4-16-12-15(2)23(21(13-16)28-3)26-24(27)20-9-10-22(29-20)30-18-7-8-19-17(14-18)6-5-11-25-19/h5-14,30H,4H2,1-3H3,(H,26,27). The van der Waals surface area contributed by atoms with E-state index in [9.17, 15) is 4.79 Å². The van der Waals surface area contributed by atoms with Gasteiger partial charge in [-0.25, -0.2) is 0 Å². The maximum absolute atomic E-state index is 12.8. The minimum absolute atomic E-state index is 0.279. The van der Waals surface area contributed by atoms with Crippen LogP contribution in [0.3, 0.4) is 0 Å². The van der Waals surface area contributed by atoms with E-state index in [1.807, 2.05) is 43.3 Å². The van der Waals surface area contributed by atoms with Crippen molar-refractivity contribution in [1.29, 1.82) is 0 Å². The summed E-state index contributed by atoms with van der Waals surface area (Å²) in [5, 5.41) is 5.15. The second kappa shape index (κ2) is 8.68.